The molecule has 1 N–H and O–H groups in total. The van der Waals surface area contributed by atoms with Crippen LogP contribution in [-0.4, -0.2) is 25.7 Å². The van der Waals surface area contributed by atoms with Crippen molar-refractivity contribution in [3.05, 3.63) is 81.8 Å². The maximum Gasteiger partial charge on any atom is 0.261 e. The largest absolute Gasteiger partial charge is 0.300 e. The van der Waals surface area contributed by atoms with Gasteiger partial charge < -0.3 is 5.32 Å². The second kappa shape index (κ2) is 8.10. The zero-order chi connectivity index (χ0) is 19.3. The molecule has 0 aliphatic rings. The van der Waals surface area contributed by atoms with Gasteiger partial charge in [0.25, 0.3) is 5.56 Å². The molecule has 2 aromatic heterocycles. The molecule has 4 rings (SSSR count). The minimum Gasteiger partial charge on any atom is -0.300 e. The highest BCUT2D eigenvalue weighted by Gasteiger charge is 2.10. The number of hydrogen-bond acceptors (Lipinski definition) is 6. The Morgan fingerprint density at radius 3 is 2.68 bits per heavy atom. The zero-order valence-electron chi connectivity index (χ0n) is 14.9. The van der Waals surface area contributed by atoms with Crippen LogP contribution in [-0.2, 0) is 17.8 Å². The first-order chi connectivity index (χ1) is 13.7. The fourth-order valence-corrected chi connectivity index (χ4v) is 3.61. The molecule has 1 amide bonds. The molecule has 0 radical (unpaired) electrons. The Labute approximate surface area is 164 Å². The number of hydrogen-bond donors (Lipinski definition) is 1. The van der Waals surface area contributed by atoms with E-state index < -0.39 is 0 Å². The number of nitrogens with zero attached hydrogens (tertiary/aromatic N) is 4. The van der Waals surface area contributed by atoms with Crippen LogP contribution in [0.2, 0.25) is 0 Å². The molecule has 140 valence electrons. The van der Waals surface area contributed by atoms with E-state index in [0.29, 0.717) is 22.5 Å². The van der Waals surface area contributed by atoms with Crippen LogP contribution in [0.3, 0.4) is 0 Å². The molecule has 0 saturated carbocycles. The van der Waals surface area contributed by atoms with Crippen LogP contribution in [0.5, 0.6) is 0 Å². The first-order valence-corrected chi connectivity index (χ1v) is 9.61. The molecule has 0 bridgehead atoms. The Morgan fingerprint density at radius 1 is 1.04 bits per heavy atom. The van der Waals surface area contributed by atoms with Gasteiger partial charge in [-0.05, 0) is 17.7 Å². The summed E-state index contributed by atoms with van der Waals surface area (Å²) in [7, 11) is 0. The van der Waals surface area contributed by atoms with Crippen LogP contribution < -0.4 is 10.9 Å². The number of amides is 1. The molecule has 4 aromatic rings. The topological polar surface area (TPSA) is 89.8 Å². The lowest BCUT2D eigenvalue weighted by Crippen LogP contribution is -2.23. The van der Waals surface area contributed by atoms with Crippen molar-refractivity contribution in [2.45, 2.75) is 19.4 Å². The van der Waals surface area contributed by atoms with Gasteiger partial charge in [-0.25, -0.2) is 4.98 Å². The molecule has 28 heavy (non-hydrogen) atoms. The highest BCUT2D eigenvalue weighted by molar-refractivity contribution is 7.15. The summed E-state index contributed by atoms with van der Waals surface area (Å²) in [5.41, 5.74) is 1.63. The van der Waals surface area contributed by atoms with Gasteiger partial charge in [-0.15, -0.1) is 10.2 Å². The second-order valence-electron chi connectivity index (χ2n) is 6.22. The number of para-hydroxylation sites is 1. The molecular weight excluding hydrogens is 374 g/mol. The van der Waals surface area contributed by atoms with Crippen molar-refractivity contribution in [1.82, 2.24) is 19.7 Å². The van der Waals surface area contributed by atoms with Crippen LogP contribution in [0.25, 0.3) is 10.9 Å². The Kier molecular flexibility index (Phi) is 5.20. The van der Waals surface area contributed by atoms with Gasteiger partial charge in [0, 0.05) is 19.4 Å². The van der Waals surface area contributed by atoms with E-state index in [1.807, 2.05) is 36.4 Å². The van der Waals surface area contributed by atoms with Crippen molar-refractivity contribution in [3.8, 4) is 0 Å². The van der Waals surface area contributed by atoms with Crippen LogP contribution >= 0.6 is 11.3 Å². The molecule has 0 aliphatic carbocycles. The number of nitrogens with one attached hydrogen (secondary N) is 1. The molecule has 2 heterocycles. The van der Waals surface area contributed by atoms with Crippen LogP contribution in [0.1, 0.15) is 17.0 Å². The molecule has 2 aromatic carbocycles. The summed E-state index contributed by atoms with van der Waals surface area (Å²) < 4.78 is 1.45. The molecule has 0 atom stereocenters. The number of carbonyl (C=O) groups is 1. The fourth-order valence-electron chi connectivity index (χ4n) is 2.82. The number of benzene rings is 2. The van der Waals surface area contributed by atoms with Gasteiger partial charge in [0.15, 0.2) is 0 Å². The standard InChI is InChI=1S/C20H17N5O2S/c26-17(10-11-25-13-21-16-9-5-4-8-15(16)19(25)27)22-20-24-23-18(28-20)12-14-6-2-1-3-7-14/h1-9,13H,10-12H2,(H,22,24,26). The van der Waals surface area contributed by atoms with E-state index in [0.717, 1.165) is 10.6 Å². The van der Waals surface area contributed by atoms with Crippen molar-refractivity contribution in [1.29, 1.82) is 0 Å². The van der Waals surface area contributed by atoms with Crippen molar-refractivity contribution in [2.75, 3.05) is 5.32 Å². The quantitative estimate of drug-likeness (QED) is 0.546. The third kappa shape index (κ3) is 4.12. The second-order valence-corrected chi connectivity index (χ2v) is 7.28. The number of anilines is 1. The molecular formula is C20H17N5O2S. The lowest BCUT2D eigenvalue weighted by Gasteiger charge is -2.06. The average Bonchev–Trinajstić information content (AvgIpc) is 3.15. The lowest BCUT2D eigenvalue weighted by molar-refractivity contribution is -0.116. The Hall–Kier alpha value is -3.39. The minimum absolute atomic E-state index is 0.146. The predicted octanol–water partition coefficient (Wildman–Crippen LogP) is 2.87. The summed E-state index contributed by atoms with van der Waals surface area (Å²) in [6.45, 7) is 0.248. The first-order valence-electron chi connectivity index (χ1n) is 8.79. The minimum atomic E-state index is -0.220. The number of rotatable bonds is 6. The normalized spacial score (nSPS) is 10.9. The number of aromatic nitrogens is 4. The van der Waals surface area contributed by atoms with E-state index in [-0.39, 0.29) is 24.4 Å². The van der Waals surface area contributed by atoms with Gasteiger partial charge in [0.05, 0.1) is 17.2 Å². The van der Waals surface area contributed by atoms with E-state index >= 15 is 0 Å². The lowest BCUT2D eigenvalue weighted by atomic mass is 10.2. The van der Waals surface area contributed by atoms with E-state index in [4.69, 9.17) is 0 Å². The SMILES string of the molecule is O=C(CCn1cnc2ccccc2c1=O)Nc1nnc(Cc2ccccc2)s1. The molecule has 0 saturated heterocycles. The van der Waals surface area contributed by atoms with E-state index in [1.165, 1.54) is 22.2 Å². The van der Waals surface area contributed by atoms with Gasteiger partial charge in [0.1, 0.15) is 5.01 Å². The van der Waals surface area contributed by atoms with Crippen LogP contribution in [0.4, 0.5) is 5.13 Å². The van der Waals surface area contributed by atoms with E-state index in [1.54, 1.807) is 18.2 Å². The molecule has 7 nitrogen and oxygen atoms in total. The number of carbonyl (C=O) groups excluding carboxylic acids is 1. The van der Waals surface area contributed by atoms with Gasteiger partial charge in [-0.1, -0.05) is 53.8 Å². The average molecular weight is 391 g/mol. The summed E-state index contributed by atoms with van der Waals surface area (Å²) in [6, 6.07) is 17.1. The molecule has 0 aliphatic heterocycles. The predicted molar refractivity (Wildman–Crippen MR) is 108 cm³/mol. The molecule has 8 heteroatoms. The van der Waals surface area contributed by atoms with Crippen molar-refractivity contribution < 1.29 is 4.79 Å². The van der Waals surface area contributed by atoms with Crippen LogP contribution in [0.15, 0.2) is 65.7 Å². The Balaban J connectivity index is 1.36. The fraction of sp³-hybridized carbons (Fsp3) is 0.150. The number of aryl methyl sites for hydroxylation is 1. The maximum absolute atomic E-state index is 12.4. The van der Waals surface area contributed by atoms with E-state index in [2.05, 4.69) is 20.5 Å². The number of fused-ring (bicyclic) bond motifs is 1. The summed E-state index contributed by atoms with van der Waals surface area (Å²) >= 11 is 1.35. The summed E-state index contributed by atoms with van der Waals surface area (Å²) in [4.78, 5) is 28.9. The Bertz CT molecular complexity index is 1170. The first kappa shape index (κ1) is 18.0. The summed E-state index contributed by atoms with van der Waals surface area (Å²) in [6.07, 6.45) is 2.29. The van der Waals surface area contributed by atoms with Crippen molar-refractivity contribution >= 4 is 33.3 Å². The van der Waals surface area contributed by atoms with E-state index in [9.17, 15) is 9.59 Å². The van der Waals surface area contributed by atoms with Gasteiger partial charge in [-0.2, -0.15) is 0 Å². The monoisotopic (exact) mass is 391 g/mol. The highest BCUT2D eigenvalue weighted by atomic mass is 32.1. The van der Waals surface area contributed by atoms with Gasteiger partial charge in [-0.3, -0.25) is 14.2 Å². The molecule has 0 spiro atoms. The van der Waals surface area contributed by atoms with Crippen LogP contribution in [0, 0.1) is 0 Å². The summed E-state index contributed by atoms with van der Waals surface area (Å²) in [5.74, 6) is -0.220. The summed E-state index contributed by atoms with van der Waals surface area (Å²) in [5, 5.41) is 12.7. The Morgan fingerprint density at radius 2 is 1.82 bits per heavy atom. The molecule has 0 fully saturated rings. The van der Waals surface area contributed by atoms with Gasteiger partial charge >= 0.3 is 0 Å². The van der Waals surface area contributed by atoms with Crippen molar-refractivity contribution in [2.24, 2.45) is 0 Å². The zero-order valence-corrected chi connectivity index (χ0v) is 15.7. The maximum atomic E-state index is 12.4. The van der Waals surface area contributed by atoms with Crippen molar-refractivity contribution in [3.63, 3.8) is 0 Å². The highest BCUT2D eigenvalue weighted by Crippen LogP contribution is 2.18. The molecule has 0 unspecified atom stereocenters. The third-order valence-corrected chi connectivity index (χ3v) is 5.06. The third-order valence-electron chi connectivity index (χ3n) is 4.22. The smallest absolute Gasteiger partial charge is 0.261 e. The van der Waals surface area contributed by atoms with Gasteiger partial charge in [0.2, 0.25) is 11.0 Å².